The van der Waals surface area contributed by atoms with Gasteiger partial charge in [-0.1, -0.05) is 0 Å². The second-order valence-electron chi connectivity index (χ2n) is 3.48. The molecule has 0 unspecified atom stereocenters. The van der Waals surface area contributed by atoms with E-state index >= 15 is 0 Å². The molecule has 1 aromatic carbocycles. The van der Waals surface area contributed by atoms with Crippen molar-refractivity contribution < 1.29 is 9.59 Å². The molecule has 1 amide bonds. The molecule has 1 N–H and O–H groups in total. The molecule has 0 aromatic heterocycles. The molecule has 0 bridgehead atoms. The first-order valence-corrected chi connectivity index (χ1v) is 4.66. The number of carbonyl (C=O) groups excluding carboxylic acids is 2. The van der Waals surface area contributed by atoms with Crippen molar-refractivity contribution in [2.75, 3.05) is 5.32 Å². The molecule has 2 rings (SSSR count). The van der Waals surface area contributed by atoms with E-state index in [1.165, 1.54) is 0 Å². The van der Waals surface area contributed by atoms with Crippen LogP contribution in [-0.2, 0) is 4.79 Å². The minimum absolute atomic E-state index is 0.225. The number of Topliss-reactive ketones (excluding diaryl/α,β-unsaturated/α-hetero) is 1. The molecule has 1 fully saturated rings. The van der Waals surface area contributed by atoms with E-state index in [0.717, 1.165) is 18.4 Å². The summed E-state index contributed by atoms with van der Waals surface area (Å²) in [7, 11) is 0. The second-order valence-corrected chi connectivity index (χ2v) is 3.48. The second kappa shape index (κ2) is 3.62. The van der Waals surface area contributed by atoms with Crippen molar-refractivity contribution in [3.8, 4) is 0 Å². The van der Waals surface area contributed by atoms with E-state index in [0.29, 0.717) is 12.1 Å². The number of hydrogen-bond donors (Lipinski definition) is 1. The molecular formula is C11H11NO2. The van der Waals surface area contributed by atoms with E-state index in [1.807, 2.05) is 0 Å². The zero-order chi connectivity index (χ0) is 9.97. The normalized spacial score (nSPS) is 14.9. The maximum Gasteiger partial charge on any atom is 0.211 e. The SMILES string of the molecule is O=CNc1ccc(C(=O)C2CC2)cc1. The summed E-state index contributed by atoms with van der Waals surface area (Å²) in [4.78, 5) is 21.7. The van der Waals surface area contributed by atoms with Gasteiger partial charge in [0.1, 0.15) is 0 Å². The van der Waals surface area contributed by atoms with Gasteiger partial charge in [0, 0.05) is 17.2 Å². The summed E-state index contributed by atoms with van der Waals surface area (Å²) in [5.41, 5.74) is 1.45. The molecule has 0 atom stereocenters. The lowest BCUT2D eigenvalue weighted by molar-refractivity contribution is -0.105. The highest BCUT2D eigenvalue weighted by atomic mass is 16.1. The molecule has 1 aromatic rings. The van der Waals surface area contributed by atoms with Gasteiger partial charge < -0.3 is 5.32 Å². The van der Waals surface area contributed by atoms with Crippen molar-refractivity contribution in [1.29, 1.82) is 0 Å². The van der Waals surface area contributed by atoms with Gasteiger partial charge in [0.2, 0.25) is 6.41 Å². The first kappa shape index (κ1) is 8.94. The number of ketones is 1. The van der Waals surface area contributed by atoms with E-state index in [4.69, 9.17) is 0 Å². The van der Waals surface area contributed by atoms with Gasteiger partial charge in [-0.2, -0.15) is 0 Å². The van der Waals surface area contributed by atoms with Crippen LogP contribution in [0.3, 0.4) is 0 Å². The summed E-state index contributed by atoms with van der Waals surface area (Å²) < 4.78 is 0. The topological polar surface area (TPSA) is 46.2 Å². The number of rotatable bonds is 4. The highest BCUT2D eigenvalue weighted by Gasteiger charge is 2.30. The minimum atomic E-state index is 0.225. The third kappa shape index (κ3) is 1.82. The first-order chi connectivity index (χ1) is 6.81. The molecule has 3 heteroatoms. The zero-order valence-corrected chi connectivity index (χ0v) is 7.69. The largest absolute Gasteiger partial charge is 0.329 e. The number of benzene rings is 1. The van der Waals surface area contributed by atoms with Gasteiger partial charge in [-0.15, -0.1) is 0 Å². The van der Waals surface area contributed by atoms with Crippen LogP contribution < -0.4 is 5.32 Å². The molecule has 1 saturated carbocycles. The van der Waals surface area contributed by atoms with Crippen LogP contribution in [0.1, 0.15) is 23.2 Å². The van der Waals surface area contributed by atoms with Gasteiger partial charge in [-0.05, 0) is 37.1 Å². The lowest BCUT2D eigenvalue weighted by Crippen LogP contribution is -2.01. The van der Waals surface area contributed by atoms with Crippen molar-refractivity contribution in [1.82, 2.24) is 0 Å². The van der Waals surface area contributed by atoms with Gasteiger partial charge in [0.15, 0.2) is 5.78 Å². The van der Waals surface area contributed by atoms with E-state index in [-0.39, 0.29) is 11.7 Å². The van der Waals surface area contributed by atoms with E-state index in [2.05, 4.69) is 5.32 Å². The van der Waals surface area contributed by atoms with Crippen LogP contribution in [0.4, 0.5) is 5.69 Å². The molecule has 1 aliphatic rings. The van der Waals surface area contributed by atoms with Crippen molar-refractivity contribution in [2.24, 2.45) is 5.92 Å². The zero-order valence-electron chi connectivity index (χ0n) is 7.69. The Kier molecular flexibility index (Phi) is 2.31. The number of anilines is 1. The van der Waals surface area contributed by atoms with Crippen LogP contribution in [0.25, 0.3) is 0 Å². The van der Waals surface area contributed by atoms with Gasteiger partial charge in [0.25, 0.3) is 0 Å². The fourth-order valence-corrected chi connectivity index (χ4v) is 1.38. The molecule has 0 aliphatic heterocycles. The average Bonchev–Trinajstić information content (AvgIpc) is 3.02. The van der Waals surface area contributed by atoms with Crippen molar-refractivity contribution >= 4 is 17.9 Å². The Balaban J connectivity index is 2.12. The third-order valence-corrected chi connectivity index (χ3v) is 2.34. The standard InChI is InChI=1S/C11H11NO2/c13-7-12-10-5-3-9(4-6-10)11(14)8-1-2-8/h3-8H,1-2H2,(H,12,13). The number of carbonyl (C=O) groups is 2. The summed E-state index contributed by atoms with van der Waals surface area (Å²) in [5, 5.41) is 2.53. The summed E-state index contributed by atoms with van der Waals surface area (Å²) >= 11 is 0. The molecule has 0 spiro atoms. The van der Waals surface area contributed by atoms with Gasteiger partial charge >= 0.3 is 0 Å². The van der Waals surface area contributed by atoms with E-state index < -0.39 is 0 Å². The molecule has 72 valence electrons. The Labute approximate surface area is 82.1 Å². The lowest BCUT2D eigenvalue weighted by atomic mass is 10.1. The minimum Gasteiger partial charge on any atom is -0.329 e. The van der Waals surface area contributed by atoms with Crippen molar-refractivity contribution in [3.63, 3.8) is 0 Å². The monoisotopic (exact) mass is 189 g/mol. The quantitative estimate of drug-likeness (QED) is 0.580. The Morgan fingerprint density at radius 3 is 2.43 bits per heavy atom. The van der Waals surface area contributed by atoms with Crippen LogP contribution in [-0.4, -0.2) is 12.2 Å². The number of amides is 1. The summed E-state index contributed by atoms with van der Waals surface area (Å²) in [6.45, 7) is 0. The van der Waals surface area contributed by atoms with Gasteiger partial charge in [-0.25, -0.2) is 0 Å². The van der Waals surface area contributed by atoms with Gasteiger partial charge in [0.05, 0.1) is 0 Å². The average molecular weight is 189 g/mol. The van der Waals surface area contributed by atoms with Crippen molar-refractivity contribution in [2.45, 2.75) is 12.8 Å². The molecule has 0 saturated heterocycles. The van der Waals surface area contributed by atoms with Gasteiger partial charge in [-0.3, -0.25) is 9.59 Å². The first-order valence-electron chi connectivity index (χ1n) is 4.66. The molecule has 1 aliphatic carbocycles. The molecule has 14 heavy (non-hydrogen) atoms. The predicted molar refractivity (Wildman–Crippen MR) is 53.2 cm³/mol. The van der Waals surface area contributed by atoms with E-state index in [1.54, 1.807) is 24.3 Å². The molecule has 3 nitrogen and oxygen atoms in total. The highest BCUT2D eigenvalue weighted by molar-refractivity contribution is 5.99. The summed E-state index contributed by atoms with van der Waals surface area (Å²) in [5.74, 6) is 0.475. The Hall–Kier alpha value is -1.64. The third-order valence-electron chi connectivity index (χ3n) is 2.34. The molecule has 0 radical (unpaired) electrons. The number of hydrogen-bond acceptors (Lipinski definition) is 2. The number of nitrogens with one attached hydrogen (secondary N) is 1. The van der Waals surface area contributed by atoms with Crippen LogP contribution in [0.15, 0.2) is 24.3 Å². The Morgan fingerprint density at radius 1 is 1.29 bits per heavy atom. The van der Waals surface area contributed by atoms with Crippen LogP contribution in [0, 0.1) is 5.92 Å². The summed E-state index contributed by atoms with van der Waals surface area (Å²) in [6.07, 6.45) is 2.66. The Bertz CT molecular complexity index is 352. The maximum atomic E-state index is 11.6. The fraction of sp³-hybridized carbons (Fsp3) is 0.273. The summed E-state index contributed by atoms with van der Waals surface area (Å²) in [6, 6.07) is 6.99. The predicted octanol–water partition coefficient (Wildman–Crippen LogP) is 1.85. The van der Waals surface area contributed by atoms with E-state index in [9.17, 15) is 9.59 Å². The van der Waals surface area contributed by atoms with Crippen LogP contribution in [0.5, 0.6) is 0 Å². The van der Waals surface area contributed by atoms with Crippen LogP contribution in [0.2, 0.25) is 0 Å². The van der Waals surface area contributed by atoms with Crippen LogP contribution >= 0.6 is 0 Å². The maximum absolute atomic E-state index is 11.6. The molecule has 0 heterocycles. The lowest BCUT2D eigenvalue weighted by Gasteiger charge is -2.00. The Morgan fingerprint density at radius 2 is 1.93 bits per heavy atom. The smallest absolute Gasteiger partial charge is 0.211 e. The van der Waals surface area contributed by atoms with Crippen molar-refractivity contribution in [3.05, 3.63) is 29.8 Å². The highest BCUT2D eigenvalue weighted by Crippen LogP contribution is 2.32. The molecular weight excluding hydrogens is 178 g/mol. The fourth-order valence-electron chi connectivity index (χ4n) is 1.38.